The van der Waals surface area contributed by atoms with Gasteiger partial charge in [0.05, 0.1) is 17.3 Å². The van der Waals surface area contributed by atoms with Crippen molar-refractivity contribution < 1.29 is 14.7 Å². The third kappa shape index (κ3) is 3.10. The van der Waals surface area contributed by atoms with Gasteiger partial charge < -0.3 is 10.4 Å². The highest BCUT2D eigenvalue weighted by molar-refractivity contribution is 5.94. The molecule has 5 heteroatoms. The third-order valence-electron chi connectivity index (χ3n) is 3.67. The molecule has 1 aromatic heterocycles. The number of amides is 1. The van der Waals surface area contributed by atoms with Gasteiger partial charge >= 0.3 is 5.97 Å². The van der Waals surface area contributed by atoms with Crippen LogP contribution >= 0.6 is 0 Å². The Labute approximate surface area is 112 Å². The second kappa shape index (κ2) is 5.38. The number of pyridine rings is 1. The molecule has 2 N–H and O–H groups in total. The van der Waals surface area contributed by atoms with Crippen molar-refractivity contribution in [2.45, 2.75) is 39.0 Å². The van der Waals surface area contributed by atoms with Gasteiger partial charge in [0.15, 0.2) is 0 Å². The Hall–Kier alpha value is -1.91. The smallest absolute Gasteiger partial charge is 0.310 e. The third-order valence-corrected chi connectivity index (χ3v) is 3.67. The second-order valence-electron chi connectivity index (χ2n) is 5.27. The molecular weight excluding hydrogens is 244 g/mol. The number of carbonyl (C=O) groups excluding carboxylic acids is 1. The number of aliphatic carboxylic acids is 1. The number of aryl methyl sites for hydroxylation is 1. The number of carboxylic acids is 1. The first-order chi connectivity index (χ1) is 9.02. The van der Waals surface area contributed by atoms with Crippen molar-refractivity contribution in [2.75, 3.05) is 5.32 Å². The predicted octanol–water partition coefficient (Wildman–Crippen LogP) is 2.36. The fourth-order valence-electron chi connectivity index (χ4n) is 2.65. The first-order valence-electron chi connectivity index (χ1n) is 6.47. The zero-order chi connectivity index (χ0) is 13.9. The molecule has 1 aliphatic rings. The summed E-state index contributed by atoms with van der Waals surface area (Å²) in [4.78, 5) is 27.4. The molecule has 0 aromatic carbocycles. The van der Waals surface area contributed by atoms with Crippen LogP contribution in [0.3, 0.4) is 0 Å². The molecular formula is C14H18N2O3. The van der Waals surface area contributed by atoms with E-state index in [-0.39, 0.29) is 12.3 Å². The van der Waals surface area contributed by atoms with E-state index in [0.717, 1.165) is 18.4 Å². The lowest BCUT2D eigenvalue weighted by atomic mass is 9.82. The van der Waals surface area contributed by atoms with Crippen LogP contribution in [0.5, 0.6) is 0 Å². The van der Waals surface area contributed by atoms with E-state index < -0.39 is 11.4 Å². The standard InChI is InChI=1S/C14H18N2O3/c1-10-6-11(9-15-8-10)16-12(17)7-14(13(18)19)4-2-3-5-14/h6,8-9H,2-5,7H2,1H3,(H,16,17)(H,18,19). The molecule has 1 saturated carbocycles. The molecule has 0 unspecified atom stereocenters. The van der Waals surface area contributed by atoms with Crippen LogP contribution in [0.1, 0.15) is 37.7 Å². The van der Waals surface area contributed by atoms with E-state index in [1.165, 1.54) is 0 Å². The zero-order valence-corrected chi connectivity index (χ0v) is 11.0. The van der Waals surface area contributed by atoms with Crippen molar-refractivity contribution in [3.05, 3.63) is 24.0 Å². The molecule has 1 fully saturated rings. The molecule has 1 amide bonds. The van der Waals surface area contributed by atoms with E-state index >= 15 is 0 Å². The summed E-state index contributed by atoms with van der Waals surface area (Å²) in [5.41, 5.74) is 0.691. The molecule has 5 nitrogen and oxygen atoms in total. The average molecular weight is 262 g/mol. The average Bonchev–Trinajstić information content (AvgIpc) is 2.78. The van der Waals surface area contributed by atoms with Gasteiger partial charge in [0.2, 0.25) is 5.91 Å². The number of aromatic nitrogens is 1. The van der Waals surface area contributed by atoms with E-state index in [2.05, 4.69) is 10.3 Å². The van der Waals surface area contributed by atoms with Gasteiger partial charge in [-0.25, -0.2) is 0 Å². The molecule has 19 heavy (non-hydrogen) atoms. The lowest BCUT2D eigenvalue weighted by Crippen LogP contribution is -2.32. The monoisotopic (exact) mass is 262 g/mol. The summed E-state index contributed by atoms with van der Waals surface area (Å²) in [6, 6.07) is 1.81. The highest BCUT2D eigenvalue weighted by Crippen LogP contribution is 2.41. The Bertz CT molecular complexity index is 493. The summed E-state index contributed by atoms with van der Waals surface area (Å²) < 4.78 is 0. The number of nitrogens with zero attached hydrogens (tertiary/aromatic N) is 1. The summed E-state index contributed by atoms with van der Waals surface area (Å²) in [5.74, 6) is -1.11. The maximum absolute atomic E-state index is 12.0. The van der Waals surface area contributed by atoms with Crippen LogP contribution in [0, 0.1) is 12.3 Å². The largest absolute Gasteiger partial charge is 0.481 e. The highest BCUT2D eigenvalue weighted by Gasteiger charge is 2.42. The quantitative estimate of drug-likeness (QED) is 0.873. The van der Waals surface area contributed by atoms with Gasteiger partial charge in [0, 0.05) is 12.6 Å². The summed E-state index contributed by atoms with van der Waals surface area (Å²) in [7, 11) is 0. The lowest BCUT2D eigenvalue weighted by molar-refractivity contribution is -0.150. The topological polar surface area (TPSA) is 79.3 Å². The molecule has 0 radical (unpaired) electrons. The fraction of sp³-hybridized carbons (Fsp3) is 0.500. The van der Waals surface area contributed by atoms with Crippen LogP contribution < -0.4 is 5.32 Å². The van der Waals surface area contributed by atoms with Crippen LogP contribution in [0.4, 0.5) is 5.69 Å². The predicted molar refractivity (Wildman–Crippen MR) is 70.8 cm³/mol. The van der Waals surface area contributed by atoms with Crippen molar-refractivity contribution in [3.8, 4) is 0 Å². The van der Waals surface area contributed by atoms with Crippen LogP contribution in [-0.4, -0.2) is 22.0 Å². The normalized spacial score (nSPS) is 17.1. The van der Waals surface area contributed by atoms with E-state index in [1.807, 2.05) is 13.0 Å². The van der Waals surface area contributed by atoms with Crippen molar-refractivity contribution in [3.63, 3.8) is 0 Å². The molecule has 1 aromatic rings. The fourth-order valence-corrected chi connectivity index (χ4v) is 2.65. The van der Waals surface area contributed by atoms with Crippen molar-refractivity contribution in [2.24, 2.45) is 5.41 Å². The Balaban J connectivity index is 2.02. The minimum atomic E-state index is -0.874. The summed E-state index contributed by atoms with van der Waals surface area (Å²) in [5, 5.41) is 12.1. The molecule has 0 aliphatic heterocycles. The van der Waals surface area contributed by atoms with Gasteiger partial charge in [-0.15, -0.1) is 0 Å². The Morgan fingerprint density at radius 1 is 1.37 bits per heavy atom. The summed E-state index contributed by atoms with van der Waals surface area (Å²) >= 11 is 0. The minimum Gasteiger partial charge on any atom is -0.481 e. The van der Waals surface area contributed by atoms with Gasteiger partial charge in [-0.1, -0.05) is 12.8 Å². The van der Waals surface area contributed by atoms with Crippen molar-refractivity contribution in [1.82, 2.24) is 4.98 Å². The van der Waals surface area contributed by atoms with Gasteiger partial charge in [-0.2, -0.15) is 0 Å². The number of anilines is 1. The number of nitrogens with one attached hydrogen (secondary N) is 1. The molecule has 0 atom stereocenters. The van der Waals surface area contributed by atoms with E-state index in [1.54, 1.807) is 12.4 Å². The number of hydrogen-bond acceptors (Lipinski definition) is 3. The maximum Gasteiger partial charge on any atom is 0.310 e. The van der Waals surface area contributed by atoms with Crippen LogP contribution in [-0.2, 0) is 9.59 Å². The van der Waals surface area contributed by atoms with Gasteiger partial charge in [-0.05, 0) is 31.4 Å². The van der Waals surface area contributed by atoms with E-state index in [4.69, 9.17) is 0 Å². The van der Waals surface area contributed by atoms with Crippen LogP contribution in [0.15, 0.2) is 18.5 Å². The molecule has 0 saturated heterocycles. The van der Waals surface area contributed by atoms with Gasteiger partial charge in [0.25, 0.3) is 0 Å². The van der Waals surface area contributed by atoms with Crippen molar-refractivity contribution in [1.29, 1.82) is 0 Å². The van der Waals surface area contributed by atoms with E-state index in [0.29, 0.717) is 18.5 Å². The van der Waals surface area contributed by atoms with Gasteiger partial charge in [0.1, 0.15) is 0 Å². The molecule has 1 aliphatic carbocycles. The highest BCUT2D eigenvalue weighted by atomic mass is 16.4. The van der Waals surface area contributed by atoms with Gasteiger partial charge in [-0.3, -0.25) is 14.6 Å². The second-order valence-corrected chi connectivity index (χ2v) is 5.27. The number of hydrogen-bond donors (Lipinski definition) is 2. The first kappa shape index (κ1) is 13.5. The molecule has 1 heterocycles. The first-order valence-corrected chi connectivity index (χ1v) is 6.47. The zero-order valence-electron chi connectivity index (χ0n) is 11.0. The van der Waals surface area contributed by atoms with Crippen LogP contribution in [0.25, 0.3) is 0 Å². The summed E-state index contributed by atoms with van der Waals surface area (Å²) in [6.07, 6.45) is 6.23. The number of rotatable bonds is 4. The molecule has 0 bridgehead atoms. The van der Waals surface area contributed by atoms with Crippen LogP contribution in [0.2, 0.25) is 0 Å². The molecule has 0 spiro atoms. The molecule has 102 valence electrons. The molecule has 2 rings (SSSR count). The lowest BCUT2D eigenvalue weighted by Gasteiger charge is -2.22. The number of carbonyl (C=O) groups is 2. The SMILES string of the molecule is Cc1cncc(NC(=O)CC2(C(=O)O)CCCC2)c1. The van der Waals surface area contributed by atoms with Crippen molar-refractivity contribution >= 4 is 17.6 Å². The summed E-state index contributed by atoms with van der Waals surface area (Å²) in [6.45, 7) is 1.89. The number of carboxylic acid groups (broad SMARTS) is 1. The van der Waals surface area contributed by atoms with E-state index in [9.17, 15) is 14.7 Å². The maximum atomic E-state index is 12.0. The Morgan fingerprint density at radius 3 is 2.63 bits per heavy atom. The Kier molecular flexibility index (Phi) is 3.83. The minimum absolute atomic E-state index is 0.0380. The Morgan fingerprint density at radius 2 is 2.05 bits per heavy atom.